The predicted molar refractivity (Wildman–Crippen MR) is 117 cm³/mol. The van der Waals surface area contributed by atoms with Crippen LogP contribution in [0.25, 0.3) is 11.0 Å². The highest BCUT2D eigenvalue weighted by atomic mass is 16.5. The molecular weight excluding hydrogens is 396 g/mol. The Hall–Kier alpha value is -4.20. The van der Waals surface area contributed by atoms with Crippen molar-refractivity contribution in [1.29, 1.82) is 0 Å². The Morgan fingerprint density at radius 3 is 2.42 bits per heavy atom. The quantitative estimate of drug-likeness (QED) is 0.520. The van der Waals surface area contributed by atoms with Crippen molar-refractivity contribution >= 4 is 22.6 Å². The number of aromatic nitrogens is 3. The fourth-order valence-electron chi connectivity index (χ4n) is 3.31. The molecule has 8 nitrogen and oxygen atoms in total. The summed E-state index contributed by atoms with van der Waals surface area (Å²) in [5.74, 6) is 0.291. The Balaban J connectivity index is 1.74. The molecule has 0 aliphatic rings. The molecule has 0 spiro atoms. The monoisotopic (exact) mass is 416 g/mol. The number of carbonyl (C=O) groups is 1. The zero-order chi connectivity index (χ0) is 21.8. The number of nitrogens with one attached hydrogen (secondary N) is 1. The number of nitrogens with zero attached hydrogens (tertiary/aromatic N) is 3. The van der Waals surface area contributed by atoms with Gasteiger partial charge in [-0.2, -0.15) is 0 Å². The highest BCUT2D eigenvalue weighted by Crippen LogP contribution is 2.12. The van der Waals surface area contributed by atoms with Gasteiger partial charge < -0.3 is 10.1 Å². The predicted octanol–water partition coefficient (Wildman–Crippen LogP) is 2.25. The maximum Gasteiger partial charge on any atom is 0.332 e. The normalized spacial score (nSPS) is 10.7. The lowest BCUT2D eigenvalue weighted by Crippen LogP contribution is -2.42. The molecular formula is C23H20N4O4. The molecule has 4 aromatic rings. The average Bonchev–Trinajstić information content (AvgIpc) is 2.80. The van der Waals surface area contributed by atoms with Gasteiger partial charge in [0.15, 0.2) is 5.52 Å². The van der Waals surface area contributed by atoms with Crippen molar-refractivity contribution in [3.05, 3.63) is 99.3 Å². The van der Waals surface area contributed by atoms with Gasteiger partial charge in [0.05, 0.1) is 19.2 Å². The molecule has 0 bridgehead atoms. The number of pyridine rings is 1. The standard InChI is InChI=1S/C23H20N4O4/c1-31-18-11-9-16(10-12-18)14-27-22(29)21-19(8-5-13-24-21)26(23(27)30)15-20(28)25-17-6-3-2-4-7-17/h2-13H,14-15H2,1H3,(H,25,28). The first-order valence-electron chi connectivity index (χ1n) is 9.63. The van der Waals surface area contributed by atoms with E-state index in [2.05, 4.69) is 10.3 Å². The topological polar surface area (TPSA) is 95.2 Å². The second-order valence-electron chi connectivity index (χ2n) is 6.89. The van der Waals surface area contributed by atoms with Crippen molar-refractivity contribution in [2.45, 2.75) is 13.1 Å². The summed E-state index contributed by atoms with van der Waals surface area (Å²) in [5.41, 5.74) is 0.723. The van der Waals surface area contributed by atoms with Gasteiger partial charge in [-0.3, -0.25) is 18.7 Å². The molecule has 0 unspecified atom stereocenters. The van der Waals surface area contributed by atoms with E-state index < -0.39 is 11.2 Å². The summed E-state index contributed by atoms with van der Waals surface area (Å²) in [5, 5.41) is 2.76. The third-order valence-corrected chi connectivity index (χ3v) is 4.85. The molecule has 156 valence electrons. The number of amides is 1. The maximum absolute atomic E-state index is 13.2. The van der Waals surface area contributed by atoms with Crippen LogP contribution in [0.2, 0.25) is 0 Å². The van der Waals surface area contributed by atoms with Gasteiger partial charge in [-0.1, -0.05) is 30.3 Å². The van der Waals surface area contributed by atoms with Gasteiger partial charge in [-0.05, 0) is 42.0 Å². The molecule has 8 heteroatoms. The van der Waals surface area contributed by atoms with Crippen molar-refractivity contribution in [3.8, 4) is 5.75 Å². The number of hydrogen-bond donors (Lipinski definition) is 1. The Morgan fingerprint density at radius 2 is 1.71 bits per heavy atom. The zero-order valence-corrected chi connectivity index (χ0v) is 16.8. The van der Waals surface area contributed by atoms with Gasteiger partial charge in [-0.25, -0.2) is 9.78 Å². The summed E-state index contributed by atoms with van der Waals surface area (Å²) in [6.07, 6.45) is 1.49. The number of fused-ring (bicyclic) bond motifs is 1. The molecule has 0 saturated heterocycles. The van der Waals surface area contributed by atoms with E-state index in [9.17, 15) is 14.4 Å². The van der Waals surface area contributed by atoms with Gasteiger partial charge in [0.2, 0.25) is 5.91 Å². The molecule has 1 N–H and O–H groups in total. The Bertz CT molecular complexity index is 1340. The third-order valence-electron chi connectivity index (χ3n) is 4.85. The van der Waals surface area contributed by atoms with Crippen LogP contribution in [-0.4, -0.2) is 27.1 Å². The number of hydrogen-bond acceptors (Lipinski definition) is 5. The molecule has 0 saturated carbocycles. The molecule has 0 radical (unpaired) electrons. The van der Waals surface area contributed by atoms with Crippen LogP contribution in [0.3, 0.4) is 0 Å². The fourth-order valence-corrected chi connectivity index (χ4v) is 3.31. The number of ether oxygens (including phenoxy) is 1. The lowest BCUT2D eigenvalue weighted by molar-refractivity contribution is -0.116. The maximum atomic E-state index is 13.2. The summed E-state index contributed by atoms with van der Waals surface area (Å²) in [6, 6.07) is 19.3. The van der Waals surface area contributed by atoms with Crippen LogP contribution in [-0.2, 0) is 17.9 Å². The molecule has 2 heterocycles. The average molecular weight is 416 g/mol. The van der Waals surface area contributed by atoms with Crippen molar-refractivity contribution in [3.63, 3.8) is 0 Å². The number of para-hydroxylation sites is 1. The summed E-state index contributed by atoms with van der Waals surface area (Å²) < 4.78 is 7.51. The second-order valence-corrected chi connectivity index (χ2v) is 6.89. The molecule has 2 aromatic heterocycles. The summed E-state index contributed by atoms with van der Waals surface area (Å²) in [7, 11) is 1.56. The van der Waals surface area contributed by atoms with Crippen LogP contribution < -0.4 is 21.3 Å². The van der Waals surface area contributed by atoms with Gasteiger partial charge in [0.1, 0.15) is 12.3 Å². The van der Waals surface area contributed by atoms with E-state index in [1.54, 1.807) is 67.8 Å². The van der Waals surface area contributed by atoms with Crippen LogP contribution in [0.1, 0.15) is 5.56 Å². The minimum atomic E-state index is -0.579. The lowest BCUT2D eigenvalue weighted by Gasteiger charge is -2.14. The van der Waals surface area contributed by atoms with E-state index in [0.29, 0.717) is 17.0 Å². The molecule has 0 fully saturated rings. The number of anilines is 1. The minimum absolute atomic E-state index is 0.0501. The third kappa shape index (κ3) is 4.23. The summed E-state index contributed by atoms with van der Waals surface area (Å²) in [4.78, 5) is 42.9. The lowest BCUT2D eigenvalue weighted by atomic mass is 10.2. The second kappa shape index (κ2) is 8.66. The van der Waals surface area contributed by atoms with Crippen LogP contribution in [0.15, 0.2) is 82.5 Å². The van der Waals surface area contributed by atoms with Gasteiger partial charge >= 0.3 is 5.69 Å². The van der Waals surface area contributed by atoms with E-state index in [4.69, 9.17) is 4.74 Å². The van der Waals surface area contributed by atoms with Crippen LogP contribution in [0.4, 0.5) is 5.69 Å². The van der Waals surface area contributed by atoms with Gasteiger partial charge in [0.25, 0.3) is 5.56 Å². The van der Waals surface area contributed by atoms with Crippen LogP contribution >= 0.6 is 0 Å². The van der Waals surface area contributed by atoms with Crippen LogP contribution in [0, 0.1) is 0 Å². The van der Waals surface area contributed by atoms with E-state index in [1.807, 2.05) is 6.07 Å². The highest BCUT2D eigenvalue weighted by molar-refractivity contribution is 5.91. The van der Waals surface area contributed by atoms with Crippen molar-refractivity contribution in [2.75, 3.05) is 12.4 Å². The van der Waals surface area contributed by atoms with Gasteiger partial charge in [-0.15, -0.1) is 0 Å². The number of methoxy groups -OCH3 is 1. The van der Waals surface area contributed by atoms with Crippen molar-refractivity contribution in [1.82, 2.24) is 14.1 Å². The van der Waals surface area contributed by atoms with Crippen molar-refractivity contribution in [2.24, 2.45) is 0 Å². The molecule has 1 amide bonds. The zero-order valence-electron chi connectivity index (χ0n) is 16.8. The molecule has 0 aliphatic heterocycles. The Morgan fingerprint density at radius 1 is 0.968 bits per heavy atom. The highest BCUT2D eigenvalue weighted by Gasteiger charge is 2.16. The van der Waals surface area contributed by atoms with E-state index in [1.165, 1.54) is 10.8 Å². The molecule has 0 aliphatic carbocycles. The van der Waals surface area contributed by atoms with Gasteiger partial charge in [0, 0.05) is 11.9 Å². The largest absolute Gasteiger partial charge is 0.497 e. The van der Waals surface area contributed by atoms with E-state index >= 15 is 0 Å². The Kier molecular flexibility index (Phi) is 5.61. The molecule has 0 atom stereocenters. The smallest absolute Gasteiger partial charge is 0.332 e. The van der Waals surface area contributed by atoms with Crippen LogP contribution in [0.5, 0.6) is 5.75 Å². The summed E-state index contributed by atoms with van der Waals surface area (Å²) >= 11 is 0. The minimum Gasteiger partial charge on any atom is -0.497 e. The Labute approximate surface area is 177 Å². The van der Waals surface area contributed by atoms with Crippen molar-refractivity contribution < 1.29 is 9.53 Å². The number of benzene rings is 2. The molecule has 4 rings (SSSR count). The number of carbonyl (C=O) groups excluding carboxylic acids is 1. The SMILES string of the molecule is COc1ccc(Cn2c(=O)c3ncccc3n(CC(=O)Nc3ccccc3)c2=O)cc1. The van der Waals surface area contributed by atoms with E-state index in [-0.39, 0.29) is 24.5 Å². The molecule has 2 aromatic carbocycles. The summed E-state index contributed by atoms with van der Waals surface area (Å²) in [6.45, 7) is -0.201. The first-order valence-corrected chi connectivity index (χ1v) is 9.63. The fraction of sp³-hybridized carbons (Fsp3) is 0.130. The molecule has 31 heavy (non-hydrogen) atoms. The first kappa shape index (κ1) is 20.1. The van der Waals surface area contributed by atoms with E-state index in [0.717, 1.165) is 10.1 Å². The number of rotatable bonds is 6. The first-order chi connectivity index (χ1) is 15.1.